The van der Waals surface area contributed by atoms with Gasteiger partial charge in [0.2, 0.25) is 0 Å². The molecule has 1 amide bonds. The number of carbonyl (C=O) groups excluding carboxylic acids is 1. The zero-order valence-electron chi connectivity index (χ0n) is 12.7. The van der Waals surface area contributed by atoms with Crippen LogP contribution >= 0.6 is 15.9 Å². The Morgan fingerprint density at radius 2 is 2.15 bits per heavy atom. The Kier molecular flexibility index (Phi) is 4.59. The summed E-state index contributed by atoms with van der Waals surface area (Å²) in [5, 5.41) is 3.11. The van der Waals surface area contributed by atoms with Crippen molar-refractivity contribution >= 4 is 21.8 Å². The van der Waals surface area contributed by atoms with Crippen molar-refractivity contribution in [2.24, 2.45) is 0 Å². The lowest BCUT2D eigenvalue weighted by Crippen LogP contribution is -2.57. The molecule has 1 aliphatic carbocycles. The van der Waals surface area contributed by atoms with Crippen LogP contribution in [-0.4, -0.2) is 41.6 Å². The minimum Gasteiger partial charge on any atom is -0.349 e. The fourth-order valence-electron chi connectivity index (χ4n) is 2.76. The first kappa shape index (κ1) is 15.6. The Morgan fingerprint density at radius 1 is 1.50 bits per heavy atom. The topological polar surface area (TPSA) is 37.3 Å². The third kappa shape index (κ3) is 2.93. The van der Waals surface area contributed by atoms with Crippen molar-refractivity contribution in [3.05, 3.63) is 22.4 Å². The van der Waals surface area contributed by atoms with E-state index in [2.05, 4.69) is 54.1 Å². The number of hydrogen-bond donors (Lipinski definition) is 1. The fourth-order valence-corrected chi connectivity index (χ4v) is 3.19. The first-order valence-corrected chi connectivity index (χ1v) is 7.98. The van der Waals surface area contributed by atoms with Crippen molar-refractivity contribution in [1.29, 1.82) is 0 Å². The molecule has 1 saturated carbocycles. The van der Waals surface area contributed by atoms with Gasteiger partial charge in [-0.2, -0.15) is 0 Å². The molecule has 112 valence electrons. The molecule has 2 rings (SSSR count). The summed E-state index contributed by atoms with van der Waals surface area (Å²) in [7, 11) is 4.19. The van der Waals surface area contributed by atoms with Gasteiger partial charge in [-0.3, -0.25) is 4.79 Å². The van der Waals surface area contributed by atoms with E-state index >= 15 is 0 Å². The second-order valence-corrected chi connectivity index (χ2v) is 7.12. The van der Waals surface area contributed by atoms with Gasteiger partial charge < -0.3 is 14.8 Å². The van der Waals surface area contributed by atoms with Gasteiger partial charge in [0.25, 0.3) is 5.91 Å². The van der Waals surface area contributed by atoms with E-state index in [0.29, 0.717) is 0 Å². The summed E-state index contributed by atoms with van der Waals surface area (Å²) >= 11 is 3.45. The maximum atomic E-state index is 12.4. The summed E-state index contributed by atoms with van der Waals surface area (Å²) in [6.07, 6.45) is 5.54. The number of aromatic nitrogens is 1. The molecule has 0 atom stereocenters. The minimum atomic E-state index is 0.0116. The van der Waals surface area contributed by atoms with Crippen LogP contribution in [0.4, 0.5) is 0 Å². The maximum absolute atomic E-state index is 12.4. The molecule has 0 unspecified atom stereocenters. The number of hydrogen-bond acceptors (Lipinski definition) is 2. The molecule has 1 N–H and O–H groups in total. The molecule has 20 heavy (non-hydrogen) atoms. The van der Waals surface area contributed by atoms with Gasteiger partial charge in [0.15, 0.2) is 0 Å². The number of halogens is 1. The van der Waals surface area contributed by atoms with Crippen molar-refractivity contribution in [2.45, 2.75) is 44.7 Å². The van der Waals surface area contributed by atoms with Gasteiger partial charge in [0.1, 0.15) is 5.69 Å². The Morgan fingerprint density at radius 3 is 2.60 bits per heavy atom. The van der Waals surface area contributed by atoms with Gasteiger partial charge >= 0.3 is 0 Å². The van der Waals surface area contributed by atoms with Crippen LogP contribution in [-0.2, 0) is 0 Å². The van der Waals surface area contributed by atoms with Gasteiger partial charge in [-0.15, -0.1) is 0 Å². The number of nitrogens with zero attached hydrogens (tertiary/aromatic N) is 2. The molecule has 0 saturated heterocycles. The molecule has 0 aliphatic heterocycles. The molecule has 5 heteroatoms. The molecular weight excluding hydrogens is 318 g/mol. The summed E-state index contributed by atoms with van der Waals surface area (Å²) in [6, 6.07) is 2.16. The summed E-state index contributed by atoms with van der Waals surface area (Å²) in [5.41, 5.74) is 0.877. The van der Waals surface area contributed by atoms with E-state index < -0.39 is 0 Å². The summed E-state index contributed by atoms with van der Waals surface area (Å²) in [4.78, 5) is 14.7. The third-order valence-corrected chi connectivity index (χ3v) is 4.85. The van der Waals surface area contributed by atoms with Crippen LogP contribution < -0.4 is 5.32 Å². The Bertz CT molecular complexity index is 489. The highest BCUT2D eigenvalue weighted by molar-refractivity contribution is 9.10. The van der Waals surface area contributed by atoms with Crippen LogP contribution in [0.2, 0.25) is 0 Å². The van der Waals surface area contributed by atoms with E-state index in [1.807, 2.05) is 16.8 Å². The molecule has 1 heterocycles. The van der Waals surface area contributed by atoms with Crippen LogP contribution in [0, 0.1) is 0 Å². The highest BCUT2D eigenvalue weighted by Gasteiger charge is 2.39. The average molecular weight is 342 g/mol. The largest absolute Gasteiger partial charge is 0.349 e. The van der Waals surface area contributed by atoms with Gasteiger partial charge in [0.05, 0.1) is 0 Å². The van der Waals surface area contributed by atoms with Crippen LogP contribution in [0.25, 0.3) is 0 Å². The summed E-state index contributed by atoms with van der Waals surface area (Å²) in [5.74, 6) is 0.0116. The lowest BCUT2D eigenvalue weighted by atomic mass is 9.75. The van der Waals surface area contributed by atoms with E-state index in [0.717, 1.165) is 29.6 Å². The van der Waals surface area contributed by atoms with E-state index in [4.69, 9.17) is 0 Å². The quantitative estimate of drug-likeness (QED) is 0.893. The Balaban J connectivity index is 2.05. The molecule has 0 spiro atoms. The van der Waals surface area contributed by atoms with E-state index in [1.54, 1.807) is 0 Å². The molecule has 0 radical (unpaired) electrons. The second-order valence-electron chi connectivity index (χ2n) is 6.20. The van der Waals surface area contributed by atoms with Gasteiger partial charge in [-0.25, -0.2) is 0 Å². The summed E-state index contributed by atoms with van der Waals surface area (Å²) in [6.45, 7) is 4.88. The van der Waals surface area contributed by atoms with Crippen molar-refractivity contribution in [3.8, 4) is 0 Å². The molecule has 0 bridgehead atoms. The molecule has 1 aliphatic rings. The minimum absolute atomic E-state index is 0.0116. The average Bonchev–Trinajstić information content (AvgIpc) is 2.69. The van der Waals surface area contributed by atoms with Crippen molar-refractivity contribution in [3.63, 3.8) is 0 Å². The molecule has 1 fully saturated rings. The van der Waals surface area contributed by atoms with Crippen LogP contribution in [0.3, 0.4) is 0 Å². The van der Waals surface area contributed by atoms with Gasteiger partial charge in [-0.05, 0) is 69.2 Å². The van der Waals surface area contributed by atoms with Crippen molar-refractivity contribution in [1.82, 2.24) is 14.8 Å². The van der Waals surface area contributed by atoms with Gasteiger partial charge in [-0.1, -0.05) is 0 Å². The number of likely N-dealkylation sites (N-methyl/N-ethyl adjacent to an activating group) is 1. The highest BCUT2D eigenvalue weighted by Crippen LogP contribution is 2.35. The second kappa shape index (κ2) is 5.90. The van der Waals surface area contributed by atoms with Gasteiger partial charge in [0, 0.05) is 28.8 Å². The van der Waals surface area contributed by atoms with Crippen LogP contribution in [0.15, 0.2) is 16.7 Å². The smallest absolute Gasteiger partial charge is 0.268 e. The highest BCUT2D eigenvalue weighted by atomic mass is 79.9. The van der Waals surface area contributed by atoms with Crippen molar-refractivity contribution < 1.29 is 4.79 Å². The van der Waals surface area contributed by atoms with E-state index in [1.165, 1.54) is 6.42 Å². The first-order valence-electron chi connectivity index (χ1n) is 7.19. The lowest BCUT2D eigenvalue weighted by Gasteiger charge is -2.47. The Labute approximate surface area is 129 Å². The normalized spacial score (nSPS) is 17.4. The number of carbonyl (C=O) groups is 1. The molecular formula is C15H24BrN3O. The SMILES string of the molecule is CC(C)n1cc(Br)cc1C(=O)NCC1(N(C)C)CCC1. The van der Waals surface area contributed by atoms with Crippen LogP contribution in [0.1, 0.15) is 49.6 Å². The maximum Gasteiger partial charge on any atom is 0.268 e. The molecule has 1 aromatic rings. The zero-order valence-corrected chi connectivity index (χ0v) is 14.3. The van der Waals surface area contributed by atoms with E-state index in [9.17, 15) is 4.79 Å². The standard InChI is InChI=1S/C15H24BrN3O/c1-11(2)19-9-12(16)8-13(19)14(20)17-10-15(18(3)4)6-5-7-15/h8-9,11H,5-7,10H2,1-4H3,(H,17,20). The Hall–Kier alpha value is -0.810. The number of nitrogens with one attached hydrogen (secondary N) is 1. The van der Waals surface area contributed by atoms with E-state index in [-0.39, 0.29) is 17.5 Å². The number of amides is 1. The van der Waals surface area contributed by atoms with Crippen LogP contribution in [0.5, 0.6) is 0 Å². The molecule has 4 nitrogen and oxygen atoms in total. The zero-order chi connectivity index (χ0) is 14.9. The molecule has 1 aromatic heterocycles. The predicted octanol–water partition coefficient (Wildman–Crippen LogP) is 3.05. The monoisotopic (exact) mass is 341 g/mol. The lowest BCUT2D eigenvalue weighted by molar-refractivity contribution is 0.0554. The fraction of sp³-hybridized carbons (Fsp3) is 0.667. The number of rotatable bonds is 5. The molecule has 0 aromatic carbocycles. The van der Waals surface area contributed by atoms with Crippen molar-refractivity contribution in [2.75, 3.05) is 20.6 Å². The predicted molar refractivity (Wildman–Crippen MR) is 85.1 cm³/mol. The third-order valence-electron chi connectivity index (χ3n) is 4.42. The summed E-state index contributed by atoms with van der Waals surface area (Å²) < 4.78 is 2.95. The first-order chi connectivity index (χ1) is 9.35.